The van der Waals surface area contributed by atoms with E-state index < -0.39 is 17.3 Å². The average Bonchev–Trinajstić information content (AvgIpc) is 3.40. The van der Waals surface area contributed by atoms with Crippen LogP contribution in [-0.4, -0.2) is 42.9 Å². The number of nitrogens with zero attached hydrogens (tertiary/aromatic N) is 3. The summed E-state index contributed by atoms with van der Waals surface area (Å²) in [6.45, 7) is 7.18. The fourth-order valence-electron chi connectivity index (χ4n) is 4.38. The summed E-state index contributed by atoms with van der Waals surface area (Å²) in [5, 5.41) is 7.67. The predicted octanol–water partition coefficient (Wildman–Crippen LogP) is 7.06. The van der Waals surface area contributed by atoms with Gasteiger partial charge in [-0.05, 0) is 57.2 Å². The molecule has 4 rings (SSSR count). The molecule has 0 radical (unpaired) electrons. The lowest BCUT2D eigenvalue weighted by molar-refractivity contribution is -0.114. The van der Waals surface area contributed by atoms with Crippen LogP contribution in [0.4, 0.5) is 21.5 Å². The van der Waals surface area contributed by atoms with Gasteiger partial charge in [-0.25, -0.2) is 4.39 Å². The number of anilines is 3. The van der Waals surface area contributed by atoms with Gasteiger partial charge in [0.05, 0.1) is 48.8 Å². The van der Waals surface area contributed by atoms with Gasteiger partial charge >= 0.3 is 0 Å². The van der Waals surface area contributed by atoms with Crippen LogP contribution >= 0.6 is 11.6 Å². The van der Waals surface area contributed by atoms with Crippen LogP contribution in [0.5, 0.6) is 17.2 Å². The van der Waals surface area contributed by atoms with Crippen molar-refractivity contribution < 1.29 is 28.2 Å². The van der Waals surface area contributed by atoms with Crippen molar-refractivity contribution in [3.8, 4) is 28.5 Å². The summed E-state index contributed by atoms with van der Waals surface area (Å²) >= 11 is 6.50. The number of ether oxygens (including phenoxy) is 3. The van der Waals surface area contributed by atoms with Crippen molar-refractivity contribution in [3.05, 3.63) is 77.2 Å². The van der Waals surface area contributed by atoms with Crippen LogP contribution in [0.2, 0.25) is 5.02 Å². The Hall–Kier alpha value is -4.57. The van der Waals surface area contributed by atoms with Crippen LogP contribution in [0.25, 0.3) is 11.3 Å². The Bertz CT molecular complexity index is 1620. The lowest BCUT2D eigenvalue weighted by Gasteiger charge is -2.25. The van der Waals surface area contributed by atoms with Crippen LogP contribution in [0.15, 0.2) is 60.8 Å². The molecule has 3 aromatic carbocycles. The third-order valence-electron chi connectivity index (χ3n) is 6.35. The van der Waals surface area contributed by atoms with E-state index in [2.05, 4.69) is 10.4 Å². The summed E-state index contributed by atoms with van der Waals surface area (Å²) in [5.74, 6) is -0.316. The maximum Gasteiger partial charge on any atom is 0.266 e. The van der Waals surface area contributed by atoms with Crippen molar-refractivity contribution in [2.75, 3.05) is 31.5 Å². The summed E-state index contributed by atoms with van der Waals surface area (Å²) in [4.78, 5) is 27.9. The molecule has 0 atom stereocenters. The van der Waals surface area contributed by atoms with Gasteiger partial charge < -0.3 is 19.5 Å². The summed E-state index contributed by atoms with van der Waals surface area (Å²) < 4.78 is 32.7. The van der Waals surface area contributed by atoms with E-state index in [0.29, 0.717) is 34.3 Å². The van der Waals surface area contributed by atoms with Crippen LogP contribution in [-0.2, 0) is 10.3 Å². The second kappa shape index (κ2) is 12.1. The number of methoxy groups -OCH3 is 3. The first-order valence-corrected chi connectivity index (χ1v) is 13.3. The van der Waals surface area contributed by atoms with Crippen molar-refractivity contribution >= 4 is 40.5 Å². The highest BCUT2D eigenvalue weighted by Gasteiger charge is 2.30. The monoisotopic (exact) mass is 594 g/mol. The van der Waals surface area contributed by atoms with E-state index >= 15 is 0 Å². The van der Waals surface area contributed by atoms with Gasteiger partial charge in [0, 0.05) is 36.5 Å². The number of amides is 2. The highest BCUT2D eigenvalue weighted by atomic mass is 35.5. The molecule has 220 valence electrons. The maximum absolute atomic E-state index is 14.7. The van der Waals surface area contributed by atoms with Gasteiger partial charge in [0.2, 0.25) is 11.7 Å². The number of benzene rings is 3. The van der Waals surface area contributed by atoms with Gasteiger partial charge in [0.25, 0.3) is 5.91 Å². The fraction of sp³-hybridized carbons (Fsp3) is 0.258. The highest BCUT2D eigenvalue weighted by Crippen LogP contribution is 2.44. The molecular weight excluding hydrogens is 563 g/mol. The quantitative estimate of drug-likeness (QED) is 0.235. The van der Waals surface area contributed by atoms with Crippen LogP contribution in [0.1, 0.15) is 38.1 Å². The van der Waals surface area contributed by atoms with Crippen molar-refractivity contribution in [2.24, 2.45) is 0 Å². The van der Waals surface area contributed by atoms with Crippen molar-refractivity contribution in [3.63, 3.8) is 0 Å². The zero-order chi connectivity index (χ0) is 30.8. The van der Waals surface area contributed by atoms with Crippen molar-refractivity contribution in [1.29, 1.82) is 0 Å². The molecule has 0 saturated carbocycles. The van der Waals surface area contributed by atoms with Gasteiger partial charge in [0.15, 0.2) is 11.5 Å². The Kier molecular flexibility index (Phi) is 8.77. The molecule has 0 aliphatic carbocycles. The lowest BCUT2D eigenvalue weighted by Crippen LogP contribution is -2.27. The number of carbonyl (C=O) groups is 2. The molecule has 42 heavy (non-hydrogen) atoms. The Morgan fingerprint density at radius 2 is 1.62 bits per heavy atom. The SMILES string of the molecule is COc1cc(N(C(=O)c2cn(C(C)(C)C)nc2-c2cc(F)ccc2Cl)c2cccc(NC(C)=O)c2)cc(OC)c1OC. The molecule has 0 bridgehead atoms. The first-order chi connectivity index (χ1) is 19.9. The topological polar surface area (TPSA) is 94.9 Å². The Labute approximate surface area is 248 Å². The third-order valence-corrected chi connectivity index (χ3v) is 6.68. The average molecular weight is 595 g/mol. The molecule has 4 aromatic rings. The maximum atomic E-state index is 14.7. The second-order valence-electron chi connectivity index (χ2n) is 10.4. The van der Waals surface area contributed by atoms with Crippen molar-refractivity contribution in [2.45, 2.75) is 33.2 Å². The van der Waals surface area contributed by atoms with Gasteiger partial charge in [-0.1, -0.05) is 17.7 Å². The van der Waals surface area contributed by atoms with Gasteiger partial charge in [0.1, 0.15) is 11.5 Å². The minimum absolute atomic E-state index is 0.163. The predicted molar refractivity (Wildman–Crippen MR) is 161 cm³/mol. The second-order valence-corrected chi connectivity index (χ2v) is 10.8. The Balaban J connectivity index is 2.02. The molecule has 9 nitrogen and oxygen atoms in total. The zero-order valence-electron chi connectivity index (χ0n) is 24.4. The Morgan fingerprint density at radius 1 is 0.952 bits per heavy atom. The van der Waals surface area contributed by atoms with E-state index in [9.17, 15) is 14.0 Å². The number of nitrogens with one attached hydrogen (secondary N) is 1. The standard InChI is InChI=1S/C31H32ClFN4O5/c1-18(38)34-20-9-8-10-21(14-20)37(22-15-26(40-5)29(42-7)27(16-22)41-6)30(39)24-17-36(31(2,3)4)35-28(24)23-13-19(33)11-12-25(23)32/h8-17H,1-7H3,(H,34,38). The molecule has 1 aromatic heterocycles. The molecule has 0 fully saturated rings. The molecule has 1 heterocycles. The first-order valence-electron chi connectivity index (χ1n) is 13.0. The third kappa shape index (κ3) is 6.18. The smallest absolute Gasteiger partial charge is 0.266 e. The highest BCUT2D eigenvalue weighted by molar-refractivity contribution is 6.33. The molecular formula is C31H32ClFN4O5. The number of hydrogen-bond acceptors (Lipinski definition) is 6. The summed E-state index contributed by atoms with van der Waals surface area (Å²) in [6, 6.07) is 14.0. The zero-order valence-corrected chi connectivity index (χ0v) is 25.2. The molecule has 0 unspecified atom stereocenters. The number of rotatable bonds is 8. The molecule has 1 N–H and O–H groups in total. The summed E-state index contributed by atoms with van der Waals surface area (Å²) in [5.41, 5.74) is 1.37. The minimum Gasteiger partial charge on any atom is -0.493 e. The van der Waals surface area contributed by atoms with E-state index in [1.807, 2.05) is 20.8 Å². The van der Waals surface area contributed by atoms with Crippen LogP contribution < -0.4 is 24.4 Å². The molecule has 11 heteroatoms. The number of hydrogen-bond donors (Lipinski definition) is 1. The molecule has 0 aliphatic rings. The lowest BCUT2D eigenvalue weighted by atomic mass is 10.1. The molecule has 0 saturated heterocycles. The Morgan fingerprint density at radius 3 is 2.19 bits per heavy atom. The summed E-state index contributed by atoms with van der Waals surface area (Å²) in [6.07, 6.45) is 1.61. The fourth-order valence-corrected chi connectivity index (χ4v) is 4.59. The van der Waals surface area contributed by atoms with Gasteiger partial charge in [-0.3, -0.25) is 19.2 Å². The largest absolute Gasteiger partial charge is 0.493 e. The van der Waals surface area contributed by atoms with E-state index in [1.54, 1.807) is 47.3 Å². The number of carbonyl (C=O) groups excluding carboxylic acids is 2. The van der Waals surface area contributed by atoms with Gasteiger partial charge in [-0.15, -0.1) is 0 Å². The van der Waals surface area contributed by atoms with E-state index in [4.69, 9.17) is 25.8 Å². The van der Waals surface area contributed by atoms with E-state index in [1.165, 1.54) is 51.4 Å². The number of halogens is 2. The van der Waals surface area contributed by atoms with Crippen LogP contribution in [0, 0.1) is 5.82 Å². The molecule has 0 spiro atoms. The molecule has 0 aliphatic heterocycles. The molecule has 2 amide bonds. The number of aromatic nitrogens is 2. The minimum atomic E-state index is -0.525. The van der Waals surface area contributed by atoms with E-state index in [0.717, 1.165) is 0 Å². The normalized spacial score (nSPS) is 11.2. The van der Waals surface area contributed by atoms with Crippen molar-refractivity contribution in [1.82, 2.24) is 9.78 Å². The van der Waals surface area contributed by atoms with Crippen LogP contribution in [0.3, 0.4) is 0 Å². The first kappa shape index (κ1) is 30.4. The summed E-state index contributed by atoms with van der Waals surface area (Å²) in [7, 11) is 4.43. The van der Waals surface area contributed by atoms with E-state index in [-0.39, 0.29) is 27.8 Å². The van der Waals surface area contributed by atoms with Gasteiger partial charge in [-0.2, -0.15) is 5.10 Å².